The molecule has 0 radical (unpaired) electrons. The predicted octanol–water partition coefficient (Wildman–Crippen LogP) is 2.17. The van der Waals surface area contributed by atoms with E-state index in [1.165, 1.54) is 12.2 Å². The third-order valence-corrected chi connectivity index (χ3v) is 2.91. The maximum Gasteiger partial charge on any atom is 0.481 e. The number of hydrogen-bond acceptors (Lipinski definition) is 4. The Hall–Kier alpha value is -2.94. The van der Waals surface area contributed by atoms with Gasteiger partial charge in [-0.3, -0.25) is 20.2 Å². The Bertz CT molecular complexity index is 651. The largest absolute Gasteiger partial charge is 0.481 e. The molecule has 0 bridgehead atoms. The summed E-state index contributed by atoms with van der Waals surface area (Å²) in [6.07, 6.45) is 3.43. The van der Waals surface area contributed by atoms with E-state index in [0.29, 0.717) is 5.57 Å². The zero-order valence-corrected chi connectivity index (χ0v) is 10.4. The molecule has 0 unspecified atom stereocenters. The highest BCUT2D eigenvalue weighted by Crippen LogP contribution is 2.24. The van der Waals surface area contributed by atoms with Crippen LogP contribution < -0.4 is 0 Å². The number of hydrogen-bond donors (Lipinski definition) is 0. The molecule has 0 aliphatic heterocycles. The van der Waals surface area contributed by atoms with Crippen LogP contribution >= 0.6 is 0 Å². The number of nitrogens with zero attached hydrogens (tertiary/aromatic N) is 2. The van der Waals surface area contributed by atoms with Crippen molar-refractivity contribution in [2.24, 2.45) is 0 Å². The lowest BCUT2D eigenvalue weighted by Crippen LogP contribution is -2.44. The van der Waals surface area contributed by atoms with Crippen LogP contribution in [0.25, 0.3) is 0 Å². The Labute approximate surface area is 114 Å². The van der Waals surface area contributed by atoms with E-state index < -0.39 is 15.5 Å². The topological polar surface area (TPSA) is 86.3 Å². The molecule has 1 aromatic rings. The molecule has 0 saturated heterocycles. The number of rotatable bonds is 2. The van der Waals surface area contributed by atoms with Crippen LogP contribution in [-0.4, -0.2) is 15.5 Å². The normalized spacial score (nSPS) is 15.7. The van der Waals surface area contributed by atoms with Crippen molar-refractivity contribution < 1.29 is 9.85 Å². The summed E-state index contributed by atoms with van der Waals surface area (Å²) in [6, 6.07) is 9.23. The highest BCUT2D eigenvalue weighted by atomic mass is 16.7. The molecule has 1 aliphatic rings. The van der Waals surface area contributed by atoms with Crippen molar-refractivity contribution in [3.8, 4) is 11.8 Å². The van der Waals surface area contributed by atoms with Crippen molar-refractivity contribution in [3.05, 3.63) is 79.9 Å². The molecule has 0 aromatic heterocycles. The van der Waals surface area contributed by atoms with Gasteiger partial charge in [-0.1, -0.05) is 36.1 Å². The van der Waals surface area contributed by atoms with Gasteiger partial charge in [0.1, 0.15) is 16.3 Å². The van der Waals surface area contributed by atoms with E-state index in [-0.39, 0.29) is 6.42 Å². The fourth-order valence-electron chi connectivity index (χ4n) is 1.72. The zero-order valence-electron chi connectivity index (χ0n) is 10.4. The van der Waals surface area contributed by atoms with Crippen LogP contribution in [-0.2, 0) is 0 Å². The van der Waals surface area contributed by atoms with Crippen LogP contribution in [0.5, 0.6) is 0 Å². The van der Waals surface area contributed by atoms with E-state index >= 15 is 0 Å². The molecule has 0 atom stereocenters. The van der Waals surface area contributed by atoms with Crippen LogP contribution in [0.15, 0.2) is 54.1 Å². The molecule has 0 amide bonds. The molecule has 6 nitrogen and oxygen atoms in total. The van der Waals surface area contributed by atoms with Crippen LogP contribution in [0.4, 0.5) is 0 Å². The minimum absolute atomic E-state index is 0.303. The maximum absolute atomic E-state index is 10.9. The van der Waals surface area contributed by atoms with Gasteiger partial charge in [-0.25, -0.2) is 0 Å². The Balaban J connectivity index is 2.19. The summed E-state index contributed by atoms with van der Waals surface area (Å²) in [5.74, 6) is 5.72. The first-order valence-electron chi connectivity index (χ1n) is 5.80. The molecular weight excluding hydrogens is 260 g/mol. The first-order chi connectivity index (χ1) is 9.54. The number of nitro groups is 2. The lowest BCUT2D eigenvalue weighted by Gasteiger charge is -2.14. The van der Waals surface area contributed by atoms with Crippen LogP contribution in [0, 0.1) is 32.1 Å². The van der Waals surface area contributed by atoms with Gasteiger partial charge in [0.15, 0.2) is 0 Å². The van der Waals surface area contributed by atoms with E-state index in [9.17, 15) is 20.2 Å². The summed E-state index contributed by atoms with van der Waals surface area (Å²) < 4.78 is 0. The predicted molar refractivity (Wildman–Crippen MR) is 71.9 cm³/mol. The van der Waals surface area contributed by atoms with E-state index in [0.717, 1.165) is 11.6 Å². The number of allylic oxidation sites excluding steroid dienone is 2. The molecule has 0 spiro atoms. The second kappa shape index (κ2) is 5.36. The SMILES string of the molecule is O=[N+]([O-])C1([N+](=O)[O-])C=CC(C#Cc2ccccc2)=CC1. The van der Waals surface area contributed by atoms with Crippen molar-refractivity contribution in [1.82, 2.24) is 0 Å². The Morgan fingerprint density at radius 3 is 2.20 bits per heavy atom. The van der Waals surface area contributed by atoms with E-state index in [1.54, 1.807) is 0 Å². The van der Waals surface area contributed by atoms with Crippen molar-refractivity contribution in [2.45, 2.75) is 12.1 Å². The van der Waals surface area contributed by atoms with Crippen molar-refractivity contribution in [1.29, 1.82) is 0 Å². The lowest BCUT2D eigenvalue weighted by atomic mass is 9.98. The molecule has 6 heteroatoms. The fraction of sp³-hybridized carbons (Fsp3) is 0.143. The van der Waals surface area contributed by atoms with Gasteiger partial charge in [0.25, 0.3) is 0 Å². The third-order valence-electron chi connectivity index (χ3n) is 2.91. The molecule has 0 N–H and O–H groups in total. The second-order valence-electron chi connectivity index (χ2n) is 4.21. The summed E-state index contributed by atoms with van der Waals surface area (Å²) in [5, 5.41) is 21.7. The molecule has 0 saturated carbocycles. The lowest BCUT2D eigenvalue weighted by molar-refractivity contribution is -0.780. The Morgan fingerprint density at radius 1 is 1.05 bits per heavy atom. The molecule has 100 valence electrons. The minimum Gasteiger partial charge on any atom is -0.258 e. The van der Waals surface area contributed by atoms with Crippen molar-refractivity contribution in [2.75, 3.05) is 0 Å². The average Bonchev–Trinajstić information content (AvgIpc) is 2.46. The van der Waals surface area contributed by atoms with Gasteiger partial charge in [-0.2, -0.15) is 0 Å². The quantitative estimate of drug-likeness (QED) is 0.356. The molecule has 1 aliphatic carbocycles. The fourth-order valence-corrected chi connectivity index (χ4v) is 1.72. The summed E-state index contributed by atoms with van der Waals surface area (Å²) in [7, 11) is 0. The zero-order chi connectivity index (χ0) is 14.6. The van der Waals surface area contributed by atoms with Crippen LogP contribution in [0.3, 0.4) is 0 Å². The molecule has 0 heterocycles. The molecule has 2 rings (SSSR count). The second-order valence-corrected chi connectivity index (χ2v) is 4.21. The highest BCUT2D eigenvalue weighted by molar-refractivity contribution is 5.46. The monoisotopic (exact) mass is 270 g/mol. The third kappa shape index (κ3) is 2.57. The molecule has 1 aromatic carbocycles. The summed E-state index contributed by atoms with van der Waals surface area (Å²) in [4.78, 5) is 19.9. The van der Waals surface area contributed by atoms with Crippen molar-refractivity contribution in [3.63, 3.8) is 0 Å². The van der Waals surface area contributed by atoms with E-state index in [4.69, 9.17) is 0 Å². The van der Waals surface area contributed by atoms with E-state index in [2.05, 4.69) is 11.8 Å². The highest BCUT2D eigenvalue weighted by Gasteiger charge is 2.53. The van der Waals surface area contributed by atoms with Crippen molar-refractivity contribution >= 4 is 0 Å². The smallest absolute Gasteiger partial charge is 0.258 e. The van der Waals surface area contributed by atoms with Gasteiger partial charge >= 0.3 is 5.66 Å². The first-order valence-corrected chi connectivity index (χ1v) is 5.80. The average molecular weight is 270 g/mol. The Kier molecular flexibility index (Phi) is 3.62. The van der Waals surface area contributed by atoms with Gasteiger partial charge in [-0.15, -0.1) is 0 Å². The summed E-state index contributed by atoms with van der Waals surface area (Å²) >= 11 is 0. The van der Waals surface area contributed by atoms with Gasteiger partial charge in [0, 0.05) is 11.1 Å². The van der Waals surface area contributed by atoms with E-state index in [1.807, 2.05) is 30.3 Å². The Morgan fingerprint density at radius 2 is 1.70 bits per heavy atom. The molecular formula is C14H10N2O4. The van der Waals surface area contributed by atoms with Crippen LogP contribution in [0.1, 0.15) is 12.0 Å². The number of benzene rings is 1. The molecule has 0 fully saturated rings. The van der Waals surface area contributed by atoms with Gasteiger partial charge < -0.3 is 0 Å². The van der Waals surface area contributed by atoms with Gasteiger partial charge in [0.2, 0.25) is 0 Å². The summed E-state index contributed by atoms with van der Waals surface area (Å²) in [5.41, 5.74) is -0.923. The van der Waals surface area contributed by atoms with Gasteiger partial charge in [-0.05, 0) is 18.2 Å². The van der Waals surface area contributed by atoms with Gasteiger partial charge in [0.05, 0.1) is 6.08 Å². The van der Waals surface area contributed by atoms with Crippen LogP contribution in [0.2, 0.25) is 0 Å². The summed E-state index contributed by atoms with van der Waals surface area (Å²) in [6.45, 7) is 0. The maximum atomic E-state index is 10.9. The minimum atomic E-state index is -2.27. The molecule has 20 heavy (non-hydrogen) atoms. The first kappa shape index (κ1) is 13.5. The standard InChI is InChI=1S/C14H10N2O4/c17-15(18)14(16(19)20)10-8-13(9-11-14)7-6-12-4-2-1-3-5-12/h1-5,8-10H,11H2.